The van der Waals surface area contributed by atoms with Gasteiger partial charge in [0.1, 0.15) is 0 Å². The largest absolute Gasteiger partial charge is 0.441 e. The van der Waals surface area contributed by atoms with Crippen molar-refractivity contribution in [3.63, 3.8) is 0 Å². The lowest BCUT2D eigenvalue weighted by Crippen LogP contribution is -1.99. The van der Waals surface area contributed by atoms with E-state index in [0.29, 0.717) is 16.0 Å². The predicted octanol–water partition coefficient (Wildman–Crippen LogP) is 1.56. The van der Waals surface area contributed by atoms with Crippen molar-refractivity contribution in [2.75, 3.05) is 0 Å². The minimum atomic E-state index is -0.263. The Morgan fingerprint density at radius 3 is 2.82 bits per heavy atom. The Balaban J connectivity index is 1.97. The molecule has 0 saturated carbocycles. The van der Waals surface area contributed by atoms with Gasteiger partial charge in [0, 0.05) is 32.1 Å². The van der Waals surface area contributed by atoms with E-state index in [-0.39, 0.29) is 10.7 Å². The van der Waals surface area contributed by atoms with Crippen LogP contribution in [0.25, 0.3) is 11.4 Å². The van der Waals surface area contributed by atoms with Crippen LogP contribution >= 0.6 is 11.8 Å². The lowest BCUT2D eigenvalue weighted by molar-refractivity contribution is -0.733. The highest BCUT2D eigenvalue weighted by molar-refractivity contribution is 7.99. The summed E-state index contributed by atoms with van der Waals surface area (Å²) < 4.78 is 3.41. The first kappa shape index (κ1) is 14.2. The molecule has 0 radical (unpaired) electrons. The number of aryl methyl sites for hydroxylation is 1. The van der Waals surface area contributed by atoms with Crippen LogP contribution in [0.3, 0.4) is 0 Å². The number of aromatic nitrogens is 6. The molecule has 10 heteroatoms. The van der Waals surface area contributed by atoms with Crippen molar-refractivity contribution < 1.29 is 10.1 Å². The number of pyridine rings is 1. The van der Waals surface area contributed by atoms with Crippen molar-refractivity contribution >= 4 is 17.6 Å². The molecule has 22 heavy (non-hydrogen) atoms. The van der Waals surface area contributed by atoms with Gasteiger partial charge in [-0.15, -0.1) is 10.2 Å². The van der Waals surface area contributed by atoms with Crippen LogP contribution in [-0.4, -0.2) is 39.4 Å². The van der Waals surface area contributed by atoms with Crippen molar-refractivity contribution in [3.8, 4) is 11.4 Å². The van der Waals surface area contributed by atoms with E-state index in [2.05, 4.69) is 20.2 Å². The first-order valence-corrected chi connectivity index (χ1v) is 7.04. The van der Waals surface area contributed by atoms with E-state index < -0.39 is 0 Å². The summed E-state index contributed by atoms with van der Waals surface area (Å²) in [5.74, 6) is 0.570. The molecule has 0 fully saturated rings. The van der Waals surface area contributed by atoms with Crippen molar-refractivity contribution in [2.24, 2.45) is 14.1 Å². The van der Waals surface area contributed by atoms with Gasteiger partial charge in [-0.05, 0) is 33.8 Å². The van der Waals surface area contributed by atoms with Crippen LogP contribution in [0.1, 0.15) is 0 Å². The molecule has 3 aromatic rings. The molecule has 112 valence electrons. The first-order chi connectivity index (χ1) is 10.6. The van der Waals surface area contributed by atoms with E-state index in [1.54, 1.807) is 28.6 Å². The second-order valence-electron chi connectivity index (χ2n) is 4.47. The Morgan fingerprint density at radius 2 is 2.14 bits per heavy atom. The van der Waals surface area contributed by atoms with Gasteiger partial charge < -0.3 is 14.3 Å². The zero-order valence-electron chi connectivity index (χ0n) is 11.8. The number of rotatable bonds is 4. The summed E-state index contributed by atoms with van der Waals surface area (Å²) in [6.07, 6.45) is 4.82. The molecule has 3 heterocycles. The Labute approximate surface area is 129 Å². The van der Waals surface area contributed by atoms with Crippen LogP contribution in [0.5, 0.6) is 0 Å². The monoisotopic (exact) mass is 318 g/mol. The fourth-order valence-electron chi connectivity index (χ4n) is 1.89. The minimum absolute atomic E-state index is 0.0848. The summed E-state index contributed by atoms with van der Waals surface area (Å²) in [6.45, 7) is 0. The molecule has 0 unspecified atom stereocenters. The van der Waals surface area contributed by atoms with Gasteiger partial charge in [0.25, 0.3) is 0 Å². The van der Waals surface area contributed by atoms with E-state index in [9.17, 15) is 4.91 Å². The summed E-state index contributed by atoms with van der Waals surface area (Å²) >= 11 is 1.19. The quantitative estimate of drug-likeness (QED) is 0.728. The summed E-state index contributed by atoms with van der Waals surface area (Å²) in [5.41, 5.74) is 0.835. The Kier molecular flexibility index (Phi) is 3.59. The molecular weight excluding hydrogens is 306 g/mol. The van der Waals surface area contributed by atoms with E-state index >= 15 is 0 Å². The second-order valence-corrected chi connectivity index (χ2v) is 5.42. The number of hydrogen-bond donors (Lipinski definition) is 1. The molecule has 0 saturated heterocycles. The maximum absolute atomic E-state index is 11.1. The Morgan fingerprint density at radius 1 is 1.32 bits per heavy atom. The maximum Gasteiger partial charge on any atom is 0.441 e. The molecule has 0 amide bonds. The third kappa shape index (κ3) is 2.44. The van der Waals surface area contributed by atoms with Crippen LogP contribution < -0.4 is 0 Å². The molecule has 0 spiro atoms. The molecule has 3 aromatic heterocycles. The van der Waals surface area contributed by atoms with Gasteiger partial charge in [-0.3, -0.25) is 4.98 Å². The van der Waals surface area contributed by atoms with Gasteiger partial charge in [-0.1, -0.05) is 0 Å². The molecular formula is C12H12N7O2S+. The number of hydrogen-bond acceptors (Lipinski definition) is 6. The second kappa shape index (κ2) is 5.56. The molecule has 0 atom stereocenters. The van der Waals surface area contributed by atoms with Crippen LogP contribution in [0, 0.1) is 4.91 Å². The highest BCUT2D eigenvalue weighted by Crippen LogP contribution is 2.33. The van der Waals surface area contributed by atoms with E-state index in [1.807, 2.05) is 19.2 Å². The molecule has 0 aliphatic carbocycles. The molecule has 0 aliphatic heterocycles. The molecule has 9 nitrogen and oxygen atoms in total. The minimum Gasteiger partial charge on any atom is -0.313 e. The molecule has 1 N–H and O–H groups in total. The van der Waals surface area contributed by atoms with Gasteiger partial charge in [-0.25, -0.2) is 0 Å². The molecule has 0 aliphatic rings. The van der Waals surface area contributed by atoms with Crippen molar-refractivity contribution in [2.45, 2.75) is 10.2 Å². The Hall–Kier alpha value is -2.75. The van der Waals surface area contributed by atoms with Crippen LogP contribution in [-0.2, 0) is 14.1 Å². The van der Waals surface area contributed by atoms with E-state index in [4.69, 9.17) is 5.21 Å². The predicted molar refractivity (Wildman–Crippen MR) is 76.6 cm³/mol. The zero-order valence-corrected chi connectivity index (χ0v) is 12.6. The third-order valence-electron chi connectivity index (χ3n) is 2.99. The summed E-state index contributed by atoms with van der Waals surface area (Å²) in [7, 11) is 3.54. The van der Waals surface area contributed by atoms with Gasteiger partial charge in [0.15, 0.2) is 20.9 Å². The zero-order chi connectivity index (χ0) is 15.7. The summed E-state index contributed by atoms with van der Waals surface area (Å²) in [4.78, 5) is 18.7. The van der Waals surface area contributed by atoms with Crippen molar-refractivity contribution in [3.05, 3.63) is 35.8 Å². The third-order valence-corrected chi connectivity index (χ3v) is 4.19. The van der Waals surface area contributed by atoms with Crippen LogP contribution in [0.15, 0.2) is 41.0 Å². The van der Waals surface area contributed by atoms with Crippen LogP contribution in [0.2, 0.25) is 0 Å². The van der Waals surface area contributed by atoms with Crippen molar-refractivity contribution in [1.82, 2.24) is 29.3 Å². The highest BCUT2D eigenvalue weighted by Gasteiger charge is 2.27. The normalized spacial score (nSPS) is 10.8. The average molecular weight is 318 g/mol. The van der Waals surface area contributed by atoms with Crippen molar-refractivity contribution in [1.29, 1.82) is 0 Å². The standard InChI is InChI=1S/C12H12N7O2S/c1-17-7-14-10(19(20)21)11(17)22-12-16-15-9(18(12)2)8-4-3-5-13-6-8/h3-7H,1-2H3,(H,20,21)/q+1. The summed E-state index contributed by atoms with van der Waals surface area (Å²) in [5, 5.41) is 18.4. The fourth-order valence-corrected chi connectivity index (χ4v) is 2.78. The summed E-state index contributed by atoms with van der Waals surface area (Å²) in [6, 6.07) is 3.70. The number of nitrogens with zero attached hydrogens (tertiary/aromatic N) is 7. The first-order valence-electron chi connectivity index (χ1n) is 6.23. The lowest BCUT2D eigenvalue weighted by Gasteiger charge is -2.03. The molecule has 0 aromatic carbocycles. The van der Waals surface area contributed by atoms with E-state index in [0.717, 1.165) is 5.56 Å². The smallest absolute Gasteiger partial charge is 0.313 e. The highest BCUT2D eigenvalue weighted by atomic mass is 32.2. The topological polar surface area (TPSA) is 102 Å². The SMILES string of the molecule is Cn1cnc([N+](=O)O)c1Sc1nnc(-c2cccnc2)n1C. The number of imidazole rings is 1. The molecule has 3 rings (SSSR count). The van der Waals surface area contributed by atoms with Crippen LogP contribution in [0.4, 0.5) is 5.82 Å². The molecule has 0 bridgehead atoms. The maximum atomic E-state index is 11.1. The van der Waals surface area contributed by atoms with Gasteiger partial charge >= 0.3 is 5.82 Å². The fraction of sp³-hybridized carbons (Fsp3) is 0.167. The van der Waals surface area contributed by atoms with Gasteiger partial charge in [0.2, 0.25) is 6.33 Å². The van der Waals surface area contributed by atoms with E-state index in [1.165, 1.54) is 18.1 Å². The van der Waals surface area contributed by atoms with Gasteiger partial charge in [0.05, 0.1) is 0 Å². The average Bonchev–Trinajstić information content (AvgIpc) is 3.05. The lowest BCUT2D eigenvalue weighted by atomic mass is 10.3. The van der Waals surface area contributed by atoms with Gasteiger partial charge in [-0.2, -0.15) is 0 Å². The Bertz CT molecular complexity index is 827.